The number of nitrogens with zero attached hydrogens (tertiary/aromatic N) is 1. The van der Waals surface area contributed by atoms with Crippen molar-refractivity contribution >= 4 is 34.3 Å². The summed E-state index contributed by atoms with van der Waals surface area (Å²) in [7, 11) is 0. The number of aliphatic hydroxyl groups is 1. The number of rotatable bonds is 9. The monoisotopic (exact) mass is 467 g/mol. The number of ketones is 1. The number of amides is 1. The summed E-state index contributed by atoms with van der Waals surface area (Å²) in [6.45, 7) is 5.07. The lowest BCUT2D eigenvalue weighted by molar-refractivity contribution is -0.129. The zero-order valence-electron chi connectivity index (χ0n) is 18.6. The van der Waals surface area contributed by atoms with Crippen LogP contribution in [0.15, 0.2) is 64.3 Å². The maximum absolute atomic E-state index is 13.5. The fourth-order valence-corrected chi connectivity index (χ4v) is 4.20. The summed E-state index contributed by atoms with van der Waals surface area (Å²) < 4.78 is 11.4. The molecule has 2 heterocycles. The number of unbranched alkanes of at least 4 members (excludes halogenated alkanes) is 1. The van der Waals surface area contributed by atoms with E-state index in [2.05, 4.69) is 0 Å². The summed E-state index contributed by atoms with van der Waals surface area (Å²) in [5.41, 5.74) is 1.24. The first-order chi connectivity index (χ1) is 15.9. The highest BCUT2D eigenvalue weighted by atomic mass is 35.5. The van der Waals surface area contributed by atoms with Crippen LogP contribution in [0, 0.1) is 0 Å². The molecular weight excluding hydrogens is 442 g/mol. The highest BCUT2D eigenvalue weighted by Crippen LogP contribution is 2.40. The second-order valence-electron chi connectivity index (χ2n) is 8.06. The number of benzene rings is 2. The van der Waals surface area contributed by atoms with Crippen molar-refractivity contribution in [1.82, 2.24) is 4.90 Å². The summed E-state index contributed by atoms with van der Waals surface area (Å²) in [6.07, 6.45) is 2.51. The molecule has 1 unspecified atom stereocenters. The maximum Gasteiger partial charge on any atom is 0.290 e. The van der Waals surface area contributed by atoms with Crippen molar-refractivity contribution in [2.45, 2.75) is 39.2 Å². The third-order valence-corrected chi connectivity index (χ3v) is 5.91. The Balaban J connectivity index is 1.74. The Bertz CT molecular complexity index is 1210. The minimum absolute atomic E-state index is 0.0171. The van der Waals surface area contributed by atoms with E-state index in [1.165, 1.54) is 0 Å². The van der Waals surface area contributed by atoms with Gasteiger partial charge in [0.2, 0.25) is 5.78 Å². The fourth-order valence-electron chi connectivity index (χ4n) is 4.02. The first kappa shape index (κ1) is 22.9. The van der Waals surface area contributed by atoms with Crippen LogP contribution in [0.3, 0.4) is 0 Å². The van der Waals surface area contributed by atoms with Gasteiger partial charge in [-0.25, -0.2) is 0 Å². The van der Waals surface area contributed by atoms with E-state index in [0.717, 1.165) is 24.8 Å². The summed E-state index contributed by atoms with van der Waals surface area (Å²) in [6, 6.07) is 13.2. The minimum atomic E-state index is -0.714. The van der Waals surface area contributed by atoms with E-state index in [1.807, 2.05) is 38.1 Å². The van der Waals surface area contributed by atoms with Crippen molar-refractivity contribution in [3.05, 3.63) is 76.2 Å². The van der Waals surface area contributed by atoms with Crippen LogP contribution in [-0.4, -0.2) is 34.8 Å². The van der Waals surface area contributed by atoms with Gasteiger partial charge >= 0.3 is 0 Å². The number of halogens is 1. The Labute approximate surface area is 197 Å². The zero-order valence-corrected chi connectivity index (χ0v) is 19.4. The summed E-state index contributed by atoms with van der Waals surface area (Å²) in [4.78, 5) is 28.0. The van der Waals surface area contributed by atoms with E-state index in [9.17, 15) is 14.7 Å². The Morgan fingerprint density at radius 3 is 2.58 bits per heavy atom. The number of furan rings is 1. The molecule has 1 N–H and O–H groups in total. The van der Waals surface area contributed by atoms with Crippen LogP contribution in [0.2, 0.25) is 5.02 Å². The third kappa shape index (κ3) is 4.48. The molecule has 0 saturated heterocycles. The molecule has 1 aliphatic rings. The van der Waals surface area contributed by atoms with Crippen LogP contribution in [0.25, 0.3) is 11.0 Å². The van der Waals surface area contributed by atoms with E-state index in [-0.39, 0.29) is 11.3 Å². The predicted molar refractivity (Wildman–Crippen MR) is 127 cm³/mol. The molecule has 6 nitrogen and oxygen atoms in total. The van der Waals surface area contributed by atoms with Crippen molar-refractivity contribution in [2.24, 2.45) is 0 Å². The summed E-state index contributed by atoms with van der Waals surface area (Å²) >= 11 is 6.05. The molecule has 0 aliphatic carbocycles. The van der Waals surface area contributed by atoms with Gasteiger partial charge in [-0.1, -0.05) is 44.0 Å². The second-order valence-corrected chi connectivity index (χ2v) is 8.49. The Morgan fingerprint density at radius 1 is 1.12 bits per heavy atom. The van der Waals surface area contributed by atoms with Crippen LogP contribution < -0.4 is 4.74 Å². The average Bonchev–Trinajstić information content (AvgIpc) is 3.35. The van der Waals surface area contributed by atoms with Crippen LogP contribution in [-0.2, 0) is 4.79 Å². The lowest BCUT2D eigenvalue weighted by Gasteiger charge is -2.26. The number of aliphatic hydroxyl groups excluding tert-OH is 1. The first-order valence-corrected chi connectivity index (χ1v) is 11.5. The van der Waals surface area contributed by atoms with Gasteiger partial charge in [-0.05, 0) is 54.8 Å². The quantitative estimate of drug-likeness (QED) is 0.376. The Morgan fingerprint density at radius 2 is 1.88 bits per heavy atom. The predicted octanol–water partition coefficient (Wildman–Crippen LogP) is 6.25. The third-order valence-electron chi connectivity index (χ3n) is 5.67. The second kappa shape index (κ2) is 9.71. The topological polar surface area (TPSA) is 80.0 Å². The lowest BCUT2D eigenvalue weighted by atomic mass is 9.95. The van der Waals surface area contributed by atoms with Crippen LogP contribution >= 0.6 is 11.6 Å². The van der Waals surface area contributed by atoms with Gasteiger partial charge in [0, 0.05) is 17.0 Å². The number of carbonyl (C=O) groups excluding carboxylic acids is 2. The maximum atomic E-state index is 13.5. The van der Waals surface area contributed by atoms with E-state index in [4.69, 9.17) is 20.8 Å². The van der Waals surface area contributed by atoms with Crippen molar-refractivity contribution in [3.63, 3.8) is 0 Å². The highest BCUT2D eigenvalue weighted by Gasteiger charge is 2.44. The number of fused-ring (bicyclic) bond motifs is 1. The minimum Gasteiger partial charge on any atom is -0.503 e. The summed E-state index contributed by atoms with van der Waals surface area (Å²) in [5.74, 6) is -0.858. The molecule has 0 radical (unpaired) electrons. The Kier molecular flexibility index (Phi) is 6.75. The first-order valence-electron chi connectivity index (χ1n) is 11.1. The van der Waals surface area contributed by atoms with Gasteiger partial charge in [-0.3, -0.25) is 9.59 Å². The molecule has 3 aromatic rings. The van der Waals surface area contributed by atoms with Crippen molar-refractivity contribution in [2.75, 3.05) is 13.2 Å². The van der Waals surface area contributed by atoms with Crippen LogP contribution in [0.4, 0.5) is 0 Å². The van der Waals surface area contributed by atoms with Gasteiger partial charge in [-0.2, -0.15) is 0 Å². The number of carbonyl (C=O) groups is 2. The number of hydrogen-bond acceptors (Lipinski definition) is 5. The van der Waals surface area contributed by atoms with E-state index in [1.54, 1.807) is 29.2 Å². The standard InChI is InChI=1S/C26H26ClNO5/c1-3-5-12-28-23(16-6-9-19(10-7-16)32-13-4-2)22(25(30)26(28)31)24(29)21-15-17-14-18(27)8-11-20(17)33-21/h6-11,14-15,23,30H,3-5,12-13H2,1-2H3. The molecule has 4 rings (SSSR count). The molecule has 0 bridgehead atoms. The molecule has 1 aromatic heterocycles. The molecule has 1 atom stereocenters. The van der Waals surface area contributed by atoms with Gasteiger partial charge < -0.3 is 19.2 Å². The number of hydrogen-bond donors (Lipinski definition) is 1. The molecule has 172 valence electrons. The van der Waals surface area contributed by atoms with Gasteiger partial charge in [-0.15, -0.1) is 0 Å². The van der Waals surface area contributed by atoms with Gasteiger partial charge in [0.05, 0.1) is 18.2 Å². The van der Waals surface area contributed by atoms with Crippen LogP contribution in [0.1, 0.15) is 55.3 Å². The molecule has 33 heavy (non-hydrogen) atoms. The zero-order chi connectivity index (χ0) is 23.5. The normalized spacial score (nSPS) is 16.2. The SMILES string of the molecule is CCCCN1C(=O)C(O)=C(C(=O)c2cc3cc(Cl)ccc3o2)C1c1ccc(OCCC)cc1. The van der Waals surface area contributed by atoms with Crippen LogP contribution in [0.5, 0.6) is 5.75 Å². The van der Waals surface area contributed by atoms with E-state index >= 15 is 0 Å². The molecular formula is C26H26ClNO5. The van der Waals surface area contributed by atoms with Crippen molar-refractivity contribution < 1.29 is 23.8 Å². The molecule has 0 fully saturated rings. The molecule has 1 amide bonds. The highest BCUT2D eigenvalue weighted by molar-refractivity contribution is 6.31. The molecule has 1 aliphatic heterocycles. The van der Waals surface area contributed by atoms with Crippen molar-refractivity contribution in [3.8, 4) is 5.75 Å². The number of Topliss-reactive ketones (excluding diaryl/α,β-unsaturated/α-hetero) is 1. The summed E-state index contributed by atoms with van der Waals surface area (Å²) in [5, 5.41) is 12.0. The molecule has 0 spiro atoms. The van der Waals surface area contributed by atoms with E-state index < -0.39 is 23.5 Å². The fraction of sp³-hybridized carbons (Fsp3) is 0.308. The molecule has 7 heteroatoms. The Hall–Kier alpha value is -3.25. The average molecular weight is 468 g/mol. The smallest absolute Gasteiger partial charge is 0.290 e. The van der Waals surface area contributed by atoms with Gasteiger partial charge in [0.1, 0.15) is 11.3 Å². The number of ether oxygens (including phenoxy) is 1. The molecule has 0 saturated carbocycles. The van der Waals surface area contributed by atoms with Gasteiger partial charge in [0.15, 0.2) is 11.5 Å². The van der Waals surface area contributed by atoms with Crippen molar-refractivity contribution in [1.29, 1.82) is 0 Å². The van der Waals surface area contributed by atoms with E-state index in [0.29, 0.717) is 34.9 Å². The molecule has 2 aromatic carbocycles. The largest absolute Gasteiger partial charge is 0.503 e. The van der Waals surface area contributed by atoms with Gasteiger partial charge in [0.25, 0.3) is 5.91 Å². The lowest BCUT2D eigenvalue weighted by Crippen LogP contribution is -2.32.